The van der Waals surface area contributed by atoms with Gasteiger partial charge in [0.25, 0.3) is 0 Å². The summed E-state index contributed by atoms with van der Waals surface area (Å²) in [7, 11) is 0. The lowest BCUT2D eigenvalue weighted by atomic mass is 9.86. The van der Waals surface area contributed by atoms with E-state index >= 15 is 0 Å². The van der Waals surface area contributed by atoms with Gasteiger partial charge in [0.05, 0.1) is 11.8 Å². The molecule has 3 aromatic rings. The molecule has 0 spiro atoms. The molecular weight excluding hydrogens is 390 g/mol. The maximum atomic E-state index is 12.8. The van der Waals surface area contributed by atoms with Crippen LogP contribution in [0.2, 0.25) is 0 Å². The topological polar surface area (TPSA) is 100 Å². The van der Waals surface area contributed by atoms with Gasteiger partial charge in [0.2, 0.25) is 11.9 Å². The highest BCUT2D eigenvalue weighted by atomic mass is 16.3. The predicted octanol–water partition coefficient (Wildman–Crippen LogP) is 3.94. The van der Waals surface area contributed by atoms with Gasteiger partial charge in [0, 0.05) is 41.4 Å². The summed E-state index contributed by atoms with van der Waals surface area (Å²) in [6.45, 7) is 2.00. The smallest absolute Gasteiger partial charge is 0.227 e. The van der Waals surface area contributed by atoms with Gasteiger partial charge in [-0.15, -0.1) is 0 Å². The van der Waals surface area contributed by atoms with Crippen molar-refractivity contribution in [1.82, 2.24) is 15.0 Å². The van der Waals surface area contributed by atoms with Crippen molar-refractivity contribution in [3.63, 3.8) is 0 Å². The van der Waals surface area contributed by atoms with Gasteiger partial charge in [-0.1, -0.05) is 6.07 Å². The molecule has 5 rings (SSSR count). The summed E-state index contributed by atoms with van der Waals surface area (Å²) in [6, 6.07) is 11.5. The second-order valence-electron chi connectivity index (χ2n) is 8.55. The molecule has 0 aliphatic heterocycles. The lowest BCUT2D eigenvalue weighted by molar-refractivity contribution is -0.121. The number of nitrogens with zero attached hydrogens (tertiary/aromatic N) is 3. The van der Waals surface area contributed by atoms with Gasteiger partial charge in [0.1, 0.15) is 0 Å². The molecule has 1 amide bonds. The van der Waals surface area contributed by atoms with E-state index in [-0.39, 0.29) is 23.8 Å². The van der Waals surface area contributed by atoms with Crippen LogP contribution in [0.4, 0.5) is 17.3 Å². The van der Waals surface area contributed by atoms with Crippen LogP contribution in [-0.2, 0) is 4.79 Å². The number of carbonyl (C=O) groups is 1. The number of aliphatic hydroxyl groups is 1. The molecule has 0 radical (unpaired) electrons. The number of pyridine rings is 1. The molecule has 0 unspecified atom stereocenters. The van der Waals surface area contributed by atoms with E-state index in [1.54, 1.807) is 18.6 Å². The summed E-state index contributed by atoms with van der Waals surface area (Å²) < 4.78 is 0. The third-order valence-electron chi connectivity index (χ3n) is 6.52. The Hall–Kier alpha value is -3.32. The number of fused-ring (bicyclic) bond motifs is 2. The second-order valence-corrected chi connectivity index (χ2v) is 8.55. The number of benzene rings is 1. The number of aromatic nitrogens is 3. The summed E-state index contributed by atoms with van der Waals surface area (Å²) in [5.74, 6) is 1.09. The number of hydrogen-bond acceptors (Lipinski definition) is 6. The molecule has 1 aromatic carbocycles. The van der Waals surface area contributed by atoms with Gasteiger partial charge in [-0.3, -0.25) is 9.78 Å². The molecular formula is C24H25N5O2. The molecule has 2 aliphatic rings. The Bertz CT molecular complexity index is 1100. The predicted molar refractivity (Wildman–Crippen MR) is 119 cm³/mol. The third kappa shape index (κ3) is 4.01. The van der Waals surface area contributed by atoms with E-state index in [0.717, 1.165) is 47.5 Å². The largest absolute Gasteiger partial charge is 0.393 e. The third-order valence-corrected chi connectivity index (χ3v) is 6.52. The fourth-order valence-electron chi connectivity index (χ4n) is 4.85. The molecule has 2 fully saturated rings. The molecule has 31 heavy (non-hydrogen) atoms. The minimum atomic E-state index is -0.230. The number of hydrogen-bond donors (Lipinski definition) is 3. The van der Waals surface area contributed by atoms with Crippen molar-refractivity contribution >= 4 is 23.2 Å². The number of amides is 1. The van der Waals surface area contributed by atoms with Gasteiger partial charge in [0.15, 0.2) is 0 Å². The number of anilines is 3. The van der Waals surface area contributed by atoms with Crippen molar-refractivity contribution in [1.29, 1.82) is 0 Å². The quantitative estimate of drug-likeness (QED) is 0.584. The molecule has 2 heterocycles. The highest BCUT2D eigenvalue weighted by Crippen LogP contribution is 2.48. The first-order valence-electron chi connectivity index (χ1n) is 10.7. The van der Waals surface area contributed by atoms with Crippen LogP contribution in [0.25, 0.3) is 11.3 Å². The van der Waals surface area contributed by atoms with Crippen molar-refractivity contribution in [3.05, 3.63) is 60.6 Å². The molecule has 2 aromatic heterocycles. The number of carbonyl (C=O) groups excluding carboxylic acids is 1. The molecule has 2 saturated carbocycles. The summed E-state index contributed by atoms with van der Waals surface area (Å²) in [5, 5.41) is 16.3. The average Bonchev–Trinajstić information content (AvgIpc) is 3.37. The van der Waals surface area contributed by atoms with E-state index in [9.17, 15) is 9.90 Å². The first-order valence-corrected chi connectivity index (χ1v) is 10.7. The number of rotatable bonds is 5. The van der Waals surface area contributed by atoms with Gasteiger partial charge in [-0.2, -0.15) is 0 Å². The zero-order chi connectivity index (χ0) is 21.4. The maximum absolute atomic E-state index is 12.8. The second kappa shape index (κ2) is 8.07. The summed E-state index contributed by atoms with van der Waals surface area (Å²) in [5.41, 5.74) is 4.30. The monoisotopic (exact) mass is 415 g/mol. The van der Waals surface area contributed by atoms with E-state index in [0.29, 0.717) is 11.9 Å². The van der Waals surface area contributed by atoms with Crippen molar-refractivity contribution in [2.24, 2.45) is 17.8 Å². The first-order chi connectivity index (χ1) is 15.1. The molecule has 0 saturated heterocycles. The molecule has 2 bridgehead atoms. The fourth-order valence-corrected chi connectivity index (χ4v) is 4.85. The van der Waals surface area contributed by atoms with Crippen LogP contribution in [0.15, 0.2) is 55.0 Å². The molecule has 4 atom stereocenters. The molecule has 7 nitrogen and oxygen atoms in total. The van der Waals surface area contributed by atoms with Crippen LogP contribution in [0, 0.1) is 24.7 Å². The van der Waals surface area contributed by atoms with Crippen LogP contribution in [0.5, 0.6) is 0 Å². The molecule has 158 valence electrons. The van der Waals surface area contributed by atoms with Crippen LogP contribution < -0.4 is 10.6 Å². The Kier molecular flexibility index (Phi) is 5.11. The van der Waals surface area contributed by atoms with Gasteiger partial charge < -0.3 is 15.7 Å². The zero-order valence-electron chi connectivity index (χ0n) is 17.3. The summed E-state index contributed by atoms with van der Waals surface area (Å²) >= 11 is 0. The Morgan fingerprint density at radius 3 is 2.74 bits per heavy atom. The molecule has 7 heteroatoms. The van der Waals surface area contributed by atoms with Crippen molar-refractivity contribution in [2.75, 3.05) is 10.6 Å². The Balaban J connectivity index is 1.31. The van der Waals surface area contributed by atoms with Gasteiger partial charge in [-0.05, 0) is 73.9 Å². The van der Waals surface area contributed by atoms with Gasteiger partial charge >= 0.3 is 0 Å². The van der Waals surface area contributed by atoms with E-state index in [2.05, 4.69) is 25.6 Å². The van der Waals surface area contributed by atoms with E-state index < -0.39 is 0 Å². The Morgan fingerprint density at radius 2 is 2.00 bits per heavy atom. The molecule has 2 aliphatic carbocycles. The SMILES string of the molecule is Cc1ccc(NC(=O)[C@@H]2C[C@H]3C[C@@H]2C[C@H]3O)cc1Nc1nccc(-c2cccnc2)n1. The van der Waals surface area contributed by atoms with Crippen LogP contribution in [0.1, 0.15) is 24.8 Å². The zero-order valence-corrected chi connectivity index (χ0v) is 17.3. The number of nitrogens with one attached hydrogen (secondary N) is 2. The van der Waals surface area contributed by atoms with E-state index in [4.69, 9.17) is 0 Å². The van der Waals surface area contributed by atoms with Crippen molar-refractivity contribution in [2.45, 2.75) is 32.3 Å². The highest BCUT2D eigenvalue weighted by molar-refractivity contribution is 5.93. The van der Waals surface area contributed by atoms with Crippen LogP contribution >= 0.6 is 0 Å². The Labute approximate surface area is 181 Å². The lowest BCUT2D eigenvalue weighted by Crippen LogP contribution is -2.31. The standard InChI is InChI=1S/C24H25N5O2/c1-14-4-5-18(27-23(31)19-10-17-9-16(19)11-22(17)30)12-21(14)29-24-26-8-6-20(28-24)15-3-2-7-25-13-15/h2-8,12-13,16-17,19,22,30H,9-11H2,1H3,(H,27,31)(H,26,28,29)/t16-,17-,19-,22-/m1/s1. The summed E-state index contributed by atoms with van der Waals surface area (Å²) in [6.07, 6.45) is 7.46. The normalized spacial score (nSPS) is 24.2. The van der Waals surface area contributed by atoms with Crippen molar-refractivity contribution in [3.8, 4) is 11.3 Å². The minimum Gasteiger partial charge on any atom is -0.393 e. The van der Waals surface area contributed by atoms with Crippen molar-refractivity contribution < 1.29 is 9.90 Å². The van der Waals surface area contributed by atoms with Crippen LogP contribution in [-0.4, -0.2) is 32.1 Å². The van der Waals surface area contributed by atoms with Gasteiger partial charge in [-0.25, -0.2) is 9.97 Å². The number of aryl methyl sites for hydroxylation is 1. The first kappa shape index (κ1) is 19.6. The van der Waals surface area contributed by atoms with E-state index in [1.165, 1.54) is 0 Å². The lowest BCUT2D eigenvalue weighted by Gasteiger charge is -2.24. The van der Waals surface area contributed by atoms with Crippen LogP contribution in [0.3, 0.4) is 0 Å². The Morgan fingerprint density at radius 1 is 1.10 bits per heavy atom. The maximum Gasteiger partial charge on any atom is 0.227 e. The highest BCUT2D eigenvalue weighted by Gasteiger charge is 2.47. The molecule has 3 N–H and O–H groups in total. The number of aliphatic hydroxyl groups excluding tert-OH is 1. The average molecular weight is 415 g/mol. The summed E-state index contributed by atoms with van der Waals surface area (Å²) in [4.78, 5) is 25.9. The van der Waals surface area contributed by atoms with E-state index in [1.807, 2.05) is 43.3 Å². The minimum absolute atomic E-state index is 0.00870. The fraction of sp³-hybridized carbons (Fsp3) is 0.333.